The van der Waals surface area contributed by atoms with Gasteiger partial charge in [-0.15, -0.1) is 0 Å². The molecule has 7 heteroatoms. The monoisotopic (exact) mass is 239 g/mol. The van der Waals surface area contributed by atoms with Crippen molar-refractivity contribution in [1.29, 1.82) is 0 Å². The number of halogens is 2. The Morgan fingerprint density at radius 2 is 2.24 bits per heavy atom. The standard InChI is InChI=1S/C10H7F2N3O2/c1-17-10(16)9(14-15-13)4-6-2-3-7(11)5-8(6)12/h2-5H,1H3. The van der Waals surface area contributed by atoms with Gasteiger partial charge in [0.15, 0.2) is 0 Å². The highest BCUT2D eigenvalue weighted by Crippen LogP contribution is 2.15. The van der Waals surface area contributed by atoms with Crippen molar-refractivity contribution in [3.63, 3.8) is 0 Å². The average molecular weight is 239 g/mol. The number of ether oxygens (including phenoxy) is 1. The Balaban J connectivity index is 3.21. The largest absolute Gasteiger partial charge is 0.466 e. The van der Waals surface area contributed by atoms with Gasteiger partial charge in [0, 0.05) is 16.5 Å². The molecule has 0 fully saturated rings. The molecule has 88 valence electrons. The van der Waals surface area contributed by atoms with Gasteiger partial charge in [-0.25, -0.2) is 13.6 Å². The van der Waals surface area contributed by atoms with Crippen LogP contribution in [0.3, 0.4) is 0 Å². The predicted octanol–water partition coefficient (Wildman–Crippen LogP) is 2.79. The van der Waals surface area contributed by atoms with Crippen molar-refractivity contribution >= 4 is 12.0 Å². The summed E-state index contributed by atoms with van der Waals surface area (Å²) in [5, 5.41) is 3.06. The lowest BCUT2D eigenvalue weighted by molar-refractivity contribution is -0.136. The maximum Gasteiger partial charge on any atom is 0.340 e. The molecule has 0 unspecified atom stereocenters. The Hall–Kier alpha value is -2.40. The number of esters is 1. The number of methoxy groups -OCH3 is 1. The van der Waals surface area contributed by atoms with Crippen molar-refractivity contribution in [3.8, 4) is 0 Å². The van der Waals surface area contributed by atoms with Gasteiger partial charge in [0.1, 0.15) is 17.3 Å². The molecule has 0 aliphatic rings. The van der Waals surface area contributed by atoms with E-state index in [9.17, 15) is 13.6 Å². The van der Waals surface area contributed by atoms with E-state index in [4.69, 9.17) is 5.53 Å². The van der Waals surface area contributed by atoms with Crippen LogP contribution in [0, 0.1) is 11.6 Å². The molecule has 5 nitrogen and oxygen atoms in total. The van der Waals surface area contributed by atoms with Crippen LogP contribution < -0.4 is 0 Å². The maximum absolute atomic E-state index is 13.2. The van der Waals surface area contributed by atoms with E-state index in [1.807, 2.05) is 0 Å². The molecule has 0 saturated heterocycles. The van der Waals surface area contributed by atoms with Gasteiger partial charge in [-0.3, -0.25) is 0 Å². The van der Waals surface area contributed by atoms with Crippen LogP contribution >= 0.6 is 0 Å². The third-order valence-corrected chi connectivity index (χ3v) is 1.80. The molecule has 0 atom stereocenters. The van der Waals surface area contributed by atoms with Gasteiger partial charge in [0.2, 0.25) is 0 Å². The maximum atomic E-state index is 13.2. The molecule has 1 aromatic carbocycles. The minimum Gasteiger partial charge on any atom is -0.466 e. The van der Waals surface area contributed by atoms with Gasteiger partial charge in [0.25, 0.3) is 0 Å². The van der Waals surface area contributed by atoms with E-state index in [1.165, 1.54) is 0 Å². The number of rotatable bonds is 3. The van der Waals surface area contributed by atoms with Crippen LogP contribution in [-0.4, -0.2) is 13.1 Å². The van der Waals surface area contributed by atoms with Gasteiger partial charge in [-0.2, -0.15) is 0 Å². The molecule has 0 spiro atoms. The molecule has 0 aromatic heterocycles. The van der Waals surface area contributed by atoms with Crippen molar-refractivity contribution in [3.05, 3.63) is 51.5 Å². The molecule has 0 N–H and O–H groups in total. The molecule has 1 aromatic rings. The Morgan fingerprint density at radius 3 is 2.76 bits per heavy atom. The van der Waals surface area contributed by atoms with E-state index in [-0.39, 0.29) is 5.56 Å². The number of carbonyl (C=O) groups is 1. The second-order valence-electron chi connectivity index (χ2n) is 2.88. The summed E-state index contributed by atoms with van der Waals surface area (Å²) in [6, 6.07) is 2.78. The van der Waals surface area contributed by atoms with Crippen LogP contribution in [0.15, 0.2) is 29.0 Å². The lowest BCUT2D eigenvalue weighted by Gasteiger charge is -2.00. The summed E-state index contributed by atoms with van der Waals surface area (Å²) in [6.07, 6.45) is 0.973. The lowest BCUT2D eigenvalue weighted by atomic mass is 10.2. The highest BCUT2D eigenvalue weighted by Gasteiger charge is 2.09. The Labute approximate surface area is 94.9 Å². The Bertz CT molecular complexity index is 522. The van der Waals surface area contributed by atoms with E-state index in [2.05, 4.69) is 14.8 Å². The minimum atomic E-state index is -0.911. The second-order valence-corrected chi connectivity index (χ2v) is 2.88. The summed E-state index contributed by atoms with van der Waals surface area (Å²) in [4.78, 5) is 13.5. The van der Waals surface area contributed by atoms with Gasteiger partial charge < -0.3 is 4.74 Å². The highest BCUT2D eigenvalue weighted by molar-refractivity contribution is 5.93. The smallest absolute Gasteiger partial charge is 0.340 e. The summed E-state index contributed by atoms with van der Waals surface area (Å²) in [5.41, 5.74) is 7.73. The molecule has 0 aliphatic carbocycles. The van der Waals surface area contributed by atoms with E-state index >= 15 is 0 Å². The fourth-order valence-electron chi connectivity index (χ4n) is 1.05. The molecule has 0 bridgehead atoms. The molecular weight excluding hydrogens is 232 g/mol. The zero-order chi connectivity index (χ0) is 12.8. The van der Waals surface area contributed by atoms with Gasteiger partial charge in [-0.1, -0.05) is 5.11 Å². The third kappa shape index (κ3) is 3.29. The topological polar surface area (TPSA) is 75.1 Å². The SMILES string of the molecule is COC(=O)C(=Cc1ccc(F)cc1F)N=[N+]=[N-]. The van der Waals surface area contributed by atoms with Crippen LogP contribution in [0.1, 0.15) is 5.56 Å². The molecular formula is C10H7F2N3O2. The summed E-state index contributed by atoms with van der Waals surface area (Å²) >= 11 is 0. The van der Waals surface area contributed by atoms with Gasteiger partial charge >= 0.3 is 5.97 Å². The van der Waals surface area contributed by atoms with E-state index < -0.39 is 23.3 Å². The fraction of sp³-hybridized carbons (Fsp3) is 0.100. The van der Waals surface area contributed by atoms with Crippen molar-refractivity contribution in [2.75, 3.05) is 7.11 Å². The van der Waals surface area contributed by atoms with Crippen LogP contribution in [0.4, 0.5) is 8.78 Å². The first-order valence-corrected chi connectivity index (χ1v) is 4.38. The van der Waals surface area contributed by atoms with E-state index in [1.54, 1.807) is 0 Å². The van der Waals surface area contributed by atoms with Gasteiger partial charge in [-0.05, 0) is 23.7 Å². The van der Waals surface area contributed by atoms with E-state index in [0.29, 0.717) is 6.07 Å². The first-order chi connectivity index (χ1) is 8.08. The normalized spacial score (nSPS) is 10.6. The predicted molar refractivity (Wildman–Crippen MR) is 55.5 cm³/mol. The molecule has 0 radical (unpaired) electrons. The summed E-state index contributed by atoms with van der Waals surface area (Å²) < 4.78 is 30.2. The van der Waals surface area contributed by atoms with Crippen molar-refractivity contribution in [2.24, 2.45) is 5.11 Å². The van der Waals surface area contributed by atoms with Crippen LogP contribution in [0.5, 0.6) is 0 Å². The number of carbonyl (C=O) groups excluding carboxylic acids is 1. The summed E-state index contributed by atoms with van der Waals surface area (Å²) in [6.45, 7) is 0. The molecule has 0 saturated carbocycles. The summed E-state index contributed by atoms with van der Waals surface area (Å²) in [7, 11) is 1.09. The number of benzene rings is 1. The first-order valence-electron chi connectivity index (χ1n) is 4.38. The van der Waals surface area contributed by atoms with Crippen LogP contribution in [0.25, 0.3) is 16.5 Å². The van der Waals surface area contributed by atoms with E-state index in [0.717, 1.165) is 25.3 Å². The molecule has 17 heavy (non-hydrogen) atoms. The summed E-state index contributed by atoms with van der Waals surface area (Å²) in [5.74, 6) is -2.53. The zero-order valence-corrected chi connectivity index (χ0v) is 8.72. The Kier molecular flexibility index (Phi) is 4.19. The van der Waals surface area contributed by atoms with Crippen molar-refractivity contribution in [2.45, 2.75) is 0 Å². The highest BCUT2D eigenvalue weighted by atomic mass is 19.1. The first kappa shape index (κ1) is 12.7. The number of hydrogen-bond donors (Lipinski definition) is 0. The number of hydrogen-bond acceptors (Lipinski definition) is 3. The van der Waals surface area contributed by atoms with Crippen molar-refractivity contribution in [1.82, 2.24) is 0 Å². The Morgan fingerprint density at radius 1 is 1.53 bits per heavy atom. The molecule has 0 aliphatic heterocycles. The minimum absolute atomic E-state index is 0.0841. The number of azide groups is 1. The fourth-order valence-corrected chi connectivity index (χ4v) is 1.05. The number of nitrogens with zero attached hydrogens (tertiary/aromatic N) is 3. The van der Waals surface area contributed by atoms with Crippen LogP contribution in [-0.2, 0) is 9.53 Å². The third-order valence-electron chi connectivity index (χ3n) is 1.80. The van der Waals surface area contributed by atoms with Crippen LogP contribution in [0.2, 0.25) is 0 Å². The van der Waals surface area contributed by atoms with Crippen molar-refractivity contribution < 1.29 is 18.3 Å². The average Bonchev–Trinajstić information content (AvgIpc) is 2.30. The lowest BCUT2D eigenvalue weighted by Crippen LogP contribution is -2.02. The second kappa shape index (κ2) is 5.62. The zero-order valence-electron chi connectivity index (χ0n) is 8.72. The van der Waals surface area contributed by atoms with Gasteiger partial charge in [0.05, 0.1) is 7.11 Å². The molecule has 1 rings (SSSR count). The molecule has 0 heterocycles. The quantitative estimate of drug-likeness (QED) is 0.267. The molecule has 0 amide bonds.